The summed E-state index contributed by atoms with van der Waals surface area (Å²) in [7, 11) is -4.02. The van der Waals surface area contributed by atoms with Crippen molar-refractivity contribution in [3.8, 4) is 0 Å². The van der Waals surface area contributed by atoms with Crippen molar-refractivity contribution in [1.29, 1.82) is 0 Å². The molecule has 1 aromatic carbocycles. The summed E-state index contributed by atoms with van der Waals surface area (Å²) in [6.45, 7) is 6.82. The second kappa shape index (κ2) is 6.84. The lowest BCUT2D eigenvalue weighted by Gasteiger charge is -2.18. The predicted octanol–water partition coefficient (Wildman–Crippen LogP) is 1.24. The van der Waals surface area contributed by atoms with Gasteiger partial charge in [-0.2, -0.15) is 8.42 Å². The number of benzene rings is 1. The molecule has 18 heavy (non-hydrogen) atoms. The van der Waals surface area contributed by atoms with Crippen molar-refractivity contribution < 1.29 is 17.7 Å². The third kappa shape index (κ3) is 5.59. The zero-order valence-corrected chi connectivity index (χ0v) is 11.4. The third-order valence-corrected chi connectivity index (χ3v) is 3.30. The van der Waals surface area contributed by atoms with Gasteiger partial charge >= 0.3 is 0 Å². The van der Waals surface area contributed by atoms with Gasteiger partial charge < -0.3 is 10.1 Å². The van der Waals surface area contributed by atoms with Gasteiger partial charge in [0.05, 0.1) is 17.6 Å². The normalized spacial score (nSPS) is 19.8. The molecule has 1 heterocycles. The van der Waals surface area contributed by atoms with Crippen molar-refractivity contribution in [1.82, 2.24) is 5.32 Å². The number of hydrogen-bond acceptors (Lipinski definition) is 4. The van der Waals surface area contributed by atoms with Gasteiger partial charge in [-0.1, -0.05) is 17.7 Å². The van der Waals surface area contributed by atoms with E-state index >= 15 is 0 Å². The summed E-state index contributed by atoms with van der Waals surface area (Å²) in [6.07, 6.45) is 0.425. The van der Waals surface area contributed by atoms with Crippen LogP contribution >= 0.6 is 0 Å². The van der Waals surface area contributed by atoms with Gasteiger partial charge in [0.25, 0.3) is 10.1 Å². The van der Waals surface area contributed by atoms with Crippen LogP contribution in [0.2, 0.25) is 0 Å². The second-order valence-electron chi connectivity index (χ2n) is 4.17. The molecule has 1 aliphatic heterocycles. The van der Waals surface area contributed by atoms with Gasteiger partial charge in [-0.05, 0) is 26.0 Å². The average Bonchev–Trinajstić information content (AvgIpc) is 2.30. The fourth-order valence-corrected chi connectivity index (χ4v) is 1.89. The molecule has 1 atom stereocenters. The van der Waals surface area contributed by atoms with Crippen molar-refractivity contribution in [2.24, 2.45) is 0 Å². The highest BCUT2D eigenvalue weighted by atomic mass is 32.2. The Morgan fingerprint density at radius 3 is 2.28 bits per heavy atom. The Bertz CT molecular complexity index is 449. The summed E-state index contributed by atoms with van der Waals surface area (Å²) >= 11 is 0. The van der Waals surface area contributed by atoms with Crippen LogP contribution in [0.25, 0.3) is 0 Å². The lowest BCUT2D eigenvalue weighted by atomic mass is 10.2. The number of nitrogens with one attached hydrogen (secondary N) is 1. The molecular formula is C12H19NO4S. The van der Waals surface area contributed by atoms with Crippen LogP contribution < -0.4 is 5.32 Å². The molecule has 1 unspecified atom stereocenters. The van der Waals surface area contributed by atoms with Gasteiger partial charge in [-0.25, -0.2) is 0 Å². The Kier molecular flexibility index (Phi) is 5.74. The van der Waals surface area contributed by atoms with Crippen LogP contribution in [0.15, 0.2) is 29.2 Å². The Balaban J connectivity index is 0.000000199. The summed E-state index contributed by atoms with van der Waals surface area (Å²) in [6, 6.07) is 5.99. The molecule has 1 fully saturated rings. The zero-order chi connectivity index (χ0) is 13.6. The molecule has 2 rings (SSSR count). The molecule has 6 heteroatoms. The van der Waals surface area contributed by atoms with E-state index in [9.17, 15) is 8.42 Å². The number of rotatable bonds is 1. The van der Waals surface area contributed by atoms with Gasteiger partial charge in [0.1, 0.15) is 0 Å². The molecule has 2 N–H and O–H groups in total. The smallest absolute Gasteiger partial charge is 0.294 e. The molecule has 0 amide bonds. The van der Waals surface area contributed by atoms with Crippen LogP contribution in [0, 0.1) is 6.92 Å². The van der Waals surface area contributed by atoms with Crippen LogP contribution in [0.4, 0.5) is 0 Å². The quantitative estimate of drug-likeness (QED) is 0.753. The van der Waals surface area contributed by atoms with E-state index in [-0.39, 0.29) is 4.90 Å². The molecule has 1 aliphatic rings. The van der Waals surface area contributed by atoms with Crippen molar-refractivity contribution in [3.05, 3.63) is 29.8 Å². The fourth-order valence-electron chi connectivity index (χ4n) is 1.41. The first-order chi connectivity index (χ1) is 8.39. The predicted molar refractivity (Wildman–Crippen MR) is 69.3 cm³/mol. The van der Waals surface area contributed by atoms with Gasteiger partial charge in [0.2, 0.25) is 0 Å². The Morgan fingerprint density at radius 1 is 1.33 bits per heavy atom. The molecule has 0 radical (unpaired) electrons. The molecular weight excluding hydrogens is 254 g/mol. The summed E-state index contributed by atoms with van der Waals surface area (Å²) < 4.78 is 34.8. The van der Waals surface area contributed by atoms with E-state index in [2.05, 4.69) is 12.2 Å². The number of hydrogen-bond donors (Lipinski definition) is 2. The molecule has 5 nitrogen and oxygen atoms in total. The maximum absolute atomic E-state index is 10.5. The monoisotopic (exact) mass is 273 g/mol. The van der Waals surface area contributed by atoms with E-state index in [0.717, 1.165) is 25.3 Å². The average molecular weight is 273 g/mol. The van der Waals surface area contributed by atoms with Crippen LogP contribution in [-0.4, -0.2) is 38.8 Å². The highest BCUT2D eigenvalue weighted by Crippen LogP contribution is 2.08. The van der Waals surface area contributed by atoms with Crippen LogP contribution in [-0.2, 0) is 14.9 Å². The molecule has 0 aliphatic carbocycles. The van der Waals surface area contributed by atoms with E-state index in [1.165, 1.54) is 12.1 Å². The van der Waals surface area contributed by atoms with E-state index in [4.69, 9.17) is 9.29 Å². The Labute approximate surface area is 108 Å². The minimum atomic E-state index is -4.02. The molecule has 0 aromatic heterocycles. The van der Waals surface area contributed by atoms with Crippen LogP contribution in [0.5, 0.6) is 0 Å². The maximum Gasteiger partial charge on any atom is 0.294 e. The molecule has 0 bridgehead atoms. The van der Waals surface area contributed by atoms with Gasteiger partial charge in [-0.15, -0.1) is 0 Å². The lowest BCUT2D eigenvalue weighted by molar-refractivity contribution is 0.0410. The highest BCUT2D eigenvalue weighted by Gasteiger charge is 2.06. The first kappa shape index (κ1) is 15.1. The molecule has 1 saturated heterocycles. The number of aryl methyl sites for hydroxylation is 1. The highest BCUT2D eigenvalue weighted by molar-refractivity contribution is 7.85. The van der Waals surface area contributed by atoms with Crippen LogP contribution in [0.3, 0.4) is 0 Å². The van der Waals surface area contributed by atoms with Crippen molar-refractivity contribution in [2.75, 3.05) is 19.7 Å². The van der Waals surface area contributed by atoms with Crippen molar-refractivity contribution in [2.45, 2.75) is 24.8 Å². The fraction of sp³-hybridized carbons (Fsp3) is 0.500. The number of ether oxygens (including phenoxy) is 1. The molecule has 102 valence electrons. The first-order valence-electron chi connectivity index (χ1n) is 5.76. The van der Waals surface area contributed by atoms with E-state index < -0.39 is 10.1 Å². The largest absolute Gasteiger partial charge is 0.376 e. The Hall–Kier alpha value is -0.950. The van der Waals surface area contributed by atoms with Gasteiger partial charge in [0, 0.05) is 13.1 Å². The summed E-state index contributed by atoms with van der Waals surface area (Å²) in [5.74, 6) is 0. The minimum absolute atomic E-state index is 0.0666. The minimum Gasteiger partial charge on any atom is -0.376 e. The second-order valence-corrected chi connectivity index (χ2v) is 5.60. The summed E-state index contributed by atoms with van der Waals surface area (Å²) in [5, 5.41) is 3.21. The maximum atomic E-state index is 10.5. The Morgan fingerprint density at radius 2 is 1.94 bits per heavy atom. The lowest BCUT2D eigenvalue weighted by Crippen LogP contribution is -2.36. The summed E-state index contributed by atoms with van der Waals surface area (Å²) in [4.78, 5) is -0.0666. The van der Waals surface area contributed by atoms with Crippen molar-refractivity contribution in [3.63, 3.8) is 0 Å². The zero-order valence-electron chi connectivity index (χ0n) is 10.6. The van der Waals surface area contributed by atoms with E-state index in [0.29, 0.717) is 6.10 Å². The first-order valence-corrected chi connectivity index (χ1v) is 7.20. The summed E-state index contributed by atoms with van der Waals surface area (Å²) in [5.41, 5.74) is 0.956. The molecule has 0 spiro atoms. The van der Waals surface area contributed by atoms with E-state index in [1.807, 2.05) is 6.92 Å². The van der Waals surface area contributed by atoms with Crippen molar-refractivity contribution >= 4 is 10.1 Å². The van der Waals surface area contributed by atoms with Crippen LogP contribution in [0.1, 0.15) is 12.5 Å². The van der Waals surface area contributed by atoms with Gasteiger partial charge in [0.15, 0.2) is 0 Å². The molecule has 1 aromatic rings. The molecule has 0 saturated carbocycles. The van der Waals surface area contributed by atoms with E-state index in [1.54, 1.807) is 12.1 Å². The SMILES string of the molecule is CC1CNCCO1.Cc1ccc(S(=O)(=O)O)cc1. The van der Waals surface area contributed by atoms with Gasteiger partial charge in [-0.3, -0.25) is 4.55 Å². The number of morpholine rings is 1. The third-order valence-electron chi connectivity index (χ3n) is 2.43. The topological polar surface area (TPSA) is 75.6 Å². The standard InChI is InChI=1S/C7H8O3S.C5H11NO/c1-6-2-4-7(5-3-6)11(8,9)10;1-5-4-6-2-3-7-5/h2-5H,1H3,(H,8,9,10);5-6H,2-4H2,1H3.